The molecule has 6 heteroatoms. The van der Waals surface area contributed by atoms with Crippen LogP contribution in [0.4, 0.5) is 0 Å². The van der Waals surface area contributed by atoms with Gasteiger partial charge in [-0.2, -0.15) is 0 Å². The van der Waals surface area contributed by atoms with Crippen LogP contribution in [0.2, 0.25) is 0 Å². The minimum atomic E-state index is -0.262. The smallest absolute Gasteiger partial charge is 0.309 e. The normalized spacial score (nSPS) is 35.3. The quantitative estimate of drug-likeness (QED) is 0.297. The summed E-state index contributed by atoms with van der Waals surface area (Å²) in [5, 5.41) is 9.71. The molecule has 0 bridgehead atoms. The number of carbonyl (C=O) groups is 2. The Morgan fingerprint density at radius 1 is 0.857 bits per heavy atom. The van der Waals surface area contributed by atoms with Crippen molar-refractivity contribution in [2.45, 2.75) is 142 Å². The summed E-state index contributed by atoms with van der Waals surface area (Å²) >= 11 is 0. The van der Waals surface area contributed by atoms with E-state index in [4.69, 9.17) is 14.2 Å². The molecule has 35 heavy (non-hydrogen) atoms. The van der Waals surface area contributed by atoms with Crippen molar-refractivity contribution in [1.29, 1.82) is 0 Å². The fourth-order valence-corrected chi connectivity index (χ4v) is 6.54. The molecule has 0 aromatic heterocycles. The average Bonchev–Trinajstić information content (AvgIpc) is 2.81. The SMILES string of the molecule is CCCCCCOC(=O)C1CCC(OC2C(C)CC(OC(=O)C3CCC(O)CC3)CC2(C)C)CC1. The molecular weight excluding hydrogens is 444 g/mol. The number of carbonyl (C=O) groups excluding carboxylic acids is 2. The lowest BCUT2D eigenvalue weighted by atomic mass is 9.68. The van der Waals surface area contributed by atoms with Crippen molar-refractivity contribution in [2.75, 3.05) is 6.61 Å². The van der Waals surface area contributed by atoms with Crippen LogP contribution < -0.4 is 0 Å². The minimum Gasteiger partial charge on any atom is -0.465 e. The van der Waals surface area contributed by atoms with E-state index in [9.17, 15) is 14.7 Å². The number of hydrogen-bond donors (Lipinski definition) is 1. The van der Waals surface area contributed by atoms with Crippen molar-refractivity contribution < 1.29 is 28.9 Å². The molecule has 0 saturated heterocycles. The molecule has 0 aromatic rings. The number of unbranched alkanes of at least 4 members (excludes halogenated alkanes) is 3. The first-order valence-electron chi connectivity index (χ1n) is 14.4. The van der Waals surface area contributed by atoms with E-state index < -0.39 is 0 Å². The molecule has 3 saturated carbocycles. The molecule has 0 heterocycles. The summed E-state index contributed by atoms with van der Waals surface area (Å²) in [6, 6.07) is 0. The molecule has 6 nitrogen and oxygen atoms in total. The summed E-state index contributed by atoms with van der Waals surface area (Å²) in [5.74, 6) is 0.144. The summed E-state index contributed by atoms with van der Waals surface area (Å²) in [6.45, 7) is 9.40. The summed E-state index contributed by atoms with van der Waals surface area (Å²) in [5.41, 5.74) is -0.0837. The lowest BCUT2D eigenvalue weighted by molar-refractivity contribution is -0.177. The summed E-state index contributed by atoms with van der Waals surface area (Å²) in [7, 11) is 0. The Hall–Kier alpha value is -1.14. The molecular formula is C29H50O6. The van der Waals surface area contributed by atoms with E-state index in [0.717, 1.165) is 64.2 Å². The monoisotopic (exact) mass is 494 g/mol. The Kier molecular flexibility index (Phi) is 10.9. The number of aliphatic hydroxyl groups is 1. The lowest BCUT2D eigenvalue weighted by Gasteiger charge is -2.47. The third-order valence-corrected chi connectivity index (χ3v) is 8.58. The van der Waals surface area contributed by atoms with Gasteiger partial charge < -0.3 is 19.3 Å². The summed E-state index contributed by atoms with van der Waals surface area (Å²) in [6.07, 6.45) is 12.4. The van der Waals surface area contributed by atoms with Crippen LogP contribution in [0.3, 0.4) is 0 Å². The van der Waals surface area contributed by atoms with Gasteiger partial charge in [0.2, 0.25) is 0 Å². The second-order valence-corrected chi connectivity index (χ2v) is 12.2. The van der Waals surface area contributed by atoms with Crippen LogP contribution >= 0.6 is 0 Å². The van der Waals surface area contributed by atoms with E-state index in [1.165, 1.54) is 12.8 Å². The fourth-order valence-electron chi connectivity index (χ4n) is 6.54. The van der Waals surface area contributed by atoms with Gasteiger partial charge in [-0.05, 0) is 82.0 Å². The molecule has 3 atom stereocenters. The van der Waals surface area contributed by atoms with Crippen LogP contribution in [0.1, 0.15) is 118 Å². The van der Waals surface area contributed by atoms with Gasteiger partial charge in [-0.1, -0.05) is 47.0 Å². The lowest BCUT2D eigenvalue weighted by Crippen LogP contribution is -2.49. The number of rotatable bonds is 10. The second kappa shape index (κ2) is 13.4. The van der Waals surface area contributed by atoms with Crippen molar-refractivity contribution >= 4 is 11.9 Å². The number of ether oxygens (including phenoxy) is 3. The van der Waals surface area contributed by atoms with Crippen LogP contribution in [0, 0.1) is 23.2 Å². The first-order valence-corrected chi connectivity index (χ1v) is 14.4. The van der Waals surface area contributed by atoms with E-state index in [1.54, 1.807) is 0 Å². The maximum Gasteiger partial charge on any atom is 0.309 e. The molecule has 3 aliphatic rings. The van der Waals surface area contributed by atoms with Crippen molar-refractivity contribution in [2.24, 2.45) is 23.2 Å². The van der Waals surface area contributed by atoms with Gasteiger partial charge in [-0.3, -0.25) is 9.59 Å². The highest BCUT2D eigenvalue weighted by Crippen LogP contribution is 2.44. The van der Waals surface area contributed by atoms with Crippen LogP contribution in [0.15, 0.2) is 0 Å². The van der Waals surface area contributed by atoms with Gasteiger partial charge >= 0.3 is 11.9 Å². The van der Waals surface area contributed by atoms with Gasteiger partial charge in [0.15, 0.2) is 0 Å². The molecule has 3 unspecified atom stereocenters. The number of aliphatic hydroxyl groups excluding tert-OH is 1. The van der Waals surface area contributed by atoms with E-state index in [2.05, 4.69) is 27.7 Å². The van der Waals surface area contributed by atoms with Gasteiger partial charge in [0.25, 0.3) is 0 Å². The molecule has 0 spiro atoms. The minimum absolute atomic E-state index is 0.0162. The average molecular weight is 495 g/mol. The van der Waals surface area contributed by atoms with Crippen LogP contribution in [-0.2, 0) is 23.8 Å². The molecule has 1 N–H and O–H groups in total. The maximum absolute atomic E-state index is 12.7. The zero-order chi connectivity index (χ0) is 25.4. The van der Waals surface area contributed by atoms with Gasteiger partial charge in [0.1, 0.15) is 6.10 Å². The molecule has 0 aliphatic heterocycles. The Labute approximate surface area is 212 Å². The molecule has 3 rings (SSSR count). The first-order chi connectivity index (χ1) is 16.7. The molecule has 0 radical (unpaired) electrons. The second-order valence-electron chi connectivity index (χ2n) is 12.2. The highest BCUT2D eigenvalue weighted by atomic mass is 16.5. The standard InChI is InChI=1S/C29H50O6/c1-5-6-7-8-17-33-27(31)21-11-15-24(16-12-21)34-26-20(2)18-25(19-29(26,3)4)35-28(32)22-9-13-23(30)14-10-22/h20-26,30H,5-19H2,1-4H3. The topological polar surface area (TPSA) is 82.1 Å². The summed E-state index contributed by atoms with van der Waals surface area (Å²) in [4.78, 5) is 25.1. The van der Waals surface area contributed by atoms with Crippen LogP contribution in [0.5, 0.6) is 0 Å². The van der Waals surface area contributed by atoms with Crippen LogP contribution in [0.25, 0.3) is 0 Å². The van der Waals surface area contributed by atoms with E-state index in [1.807, 2.05) is 0 Å². The zero-order valence-electron chi connectivity index (χ0n) is 22.6. The fraction of sp³-hybridized carbons (Fsp3) is 0.931. The van der Waals surface area contributed by atoms with E-state index in [0.29, 0.717) is 25.4 Å². The van der Waals surface area contributed by atoms with Crippen molar-refractivity contribution in [3.63, 3.8) is 0 Å². The van der Waals surface area contributed by atoms with Gasteiger partial charge in [-0.15, -0.1) is 0 Å². The molecule has 3 aliphatic carbocycles. The molecule has 0 amide bonds. The van der Waals surface area contributed by atoms with E-state index >= 15 is 0 Å². The predicted octanol–water partition coefficient (Wildman–Crippen LogP) is 5.97. The molecule has 0 aromatic carbocycles. The van der Waals surface area contributed by atoms with Crippen molar-refractivity contribution in [3.05, 3.63) is 0 Å². The van der Waals surface area contributed by atoms with Gasteiger partial charge in [0.05, 0.1) is 36.8 Å². The third-order valence-electron chi connectivity index (χ3n) is 8.58. The number of esters is 2. The Morgan fingerprint density at radius 2 is 1.49 bits per heavy atom. The first kappa shape index (κ1) is 28.4. The Bertz CT molecular complexity index is 660. The van der Waals surface area contributed by atoms with Gasteiger partial charge in [-0.25, -0.2) is 0 Å². The van der Waals surface area contributed by atoms with E-state index in [-0.39, 0.29) is 53.6 Å². The highest BCUT2D eigenvalue weighted by molar-refractivity contribution is 5.73. The van der Waals surface area contributed by atoms with Crippen molar-refractivity contribution in [3.8, 4) is 0 Å². The maximum atomic E-state index is 12.7. The predicted molar refractivity (Wildman–Crippen MR) is 136 cm³/mol. The summed E-state index contributed by atoms with van der Waals surface area (Å²) < 4.78 is 18.2. The largest absolute Gasteiger partial charge is 0.465 e. The van der Waals surface area contributed by atoms with Crippen LogP contribution in [-0.4, -0.2) is 48.1 Å². The molecule has 202 valence electrons. The molecule has 3 fully saturated rings. The zero-order valence-corrected chi connectivity index (χ0v) is 22.6. The third kappa shape index (κ3) is 8.45. The number of hydrogen-bond acceptors (Lipinski definition) is 6. The highest BCUT2D eigenvalue weighted by Gasteiger charge is 2.45. The van der Waals surface area contributed by atoms with Gasteiger partial charge in [0, 0.05) is 0 Å². The van der Waals surface area contributed by atoms with Crippen molar-refractivity contribution in [1.82, 2.24) is 0 Å². The Balaban J connectivity index is 1.41. The Morgan fingerprint density at radius 3 is 2.11 bits per heavy atom.